The summed E-state index contributed by atoms with van der Waals surface area (Å²) in [4.78, 5) is 0. The monoisotopic (exact) mass is 290 g/mol. The van der Waals surface area contributed by atoms with Crippen LogP contribution in [0.1, 0.15) is 36.6 Å². The highest BCUT2D eigenvalue weighted by atomic mass is 35.5. The number of aryl methyl sites for hydroxylation is 1. The summed E-state index contributed by atoms with van der Waals surface area (Å²) < 4.78 is 1.92. The third-order valence-corrected chi connectivity index (χ3v) is 4.39. The van der Waals surface area contributed by atoms with Crippen molar-refractivity contribution in [3.8, 4) is 0 Å². The lowest BCUT2D eigenvalue weighted by molar-refractivity contribution is 0.444. The van der Waals surface area contributed by atoms with E-state index < -0.39 is 0 Å². The molecule has 4 nitrogen and oxygen atoms in total. The number of halogens is 1. The zero-order chi connectivity index (χ0) is 14.1. The second-order valence-corrected chi connectivity index (χ2v) is 5.66. The van der Waals surface area contributed by atoms with Crippen LogP contribution in [0, 0.1) is 5.92 Å². The molecule has 1 saturated carbocycles. The van der Waals surface area contributed by atoms with Crippen molar-refractivity contribution in [3.63, 3.8) is 0 Å². The number of hydrogen-bond donors (Lipinski definition) is 2. The molecule has 20 heavy (non-hydrogen) atoms. The van der Waals surface area contributed by atoms with Crippen molar-refractivity contribution in [2.24, 2.45) is 11.8 Å². The fraction of sp³-hybridized carbons (Fsp3) is 0.400. The van der Waals surface area contributed by atoms with Gasteiger partial charge in [-0.2, -0.15) is 5.10 Å². The van der Waals surface area contributed by atoms with Crippen LogP contribution < -0.4 is 11.3 Å². The van der Waals surface area contributed by atoms with Crippen LogP contribution in [-0.2, 0) is 6.54 Å². The molecule has 3 N–H and O–H groups in total. The molecule has 1 fully saturated rings. The van der Waals surface area contributed by atoms with E-state index in [2.05, 4.69) is 41.7 Å². The first kappa shape index (κ1) is 13.6. The first-order valence-electron chi connectivity index (χ1n) is 6.98. The Morgan fingerprint density at radius 3 is 2.85 bits per heavy atom. The average molecular weight is 291 g/mol. The van der Waals surface area contributed by atoms with Crippen LogP contribution in [0.5, 0.6) is 0 Å². The molecule has 0 spiro atoms. The van der Waals surface area contributed by atoms with E-state index in [1.807, 2.05) is 10.7 Å². The number of nitrogens with two attached hydrogens (primary N) is 1. The molecule has 0 saturated heterocycles. The standard InChI is InChI=1S/C15H19ClN4/c1-2-20-15(13(16)9-18-20)14(19-17)12-8-11(12)10-6-4-3-5-7-10/h3-7,9,11-12,14,19H,2,8,17H2,1H3. The highest BCUT2D eigenvalue weighted by molar-refractivity contribution is 6.31. The van der Waals surface area contributed by atoms with Gasteiger partial charge >= 0.3 is 0 Å². The molecule has 1 aromatic carbocycles. The molecule has 1 aromatic heterocycles. The number of aromatic nitrogens is 2. The fourth-order valence-electron chi connectivity index (χ4n) is 3.00. The minimum Gasteiger partial charge on any atom is -0.271 e. The van der Waals surface area contributed by atoms with Crippen molar-refractivity contribution in [3.05, 3.63) is 52.8 Å². The van der Waals surface area contributed by atoms with Crippen molar-refractivity contribution >= 4 is 11.6 Å². The summed E-state index contributed by atoms with van der Waals surface area (Å²) in [5.41, 5.74) is 5.31. The molecule has 1 aliphatic carbocycles. The molecule has 0 amide bonds. The topological polar surface area (TPSA) is 55.9 Å². The molecule has 0 bridgehead atoms. The zero-order valence-corrected chi connectivity index (χ0v) is 12.2. The third-order valence-electron chi connectivity index (χ3n) is 4.10. The molecular weight excluding hydrogens is 272 g/mol. The summed E-state index contributed by atoms with van der Waals surface area (Å²) in [5.74, 6) is 6.81. The van der Waals surface area contributed by atoms with Crippen LogP contribution in [0.3, 0.4) is 0 Å². The van der Waals surface area contributed by atoms with E-state index in [1.54, 1.807) is 6.20 Å². The lowest BCUT2D eigenvalue weighted by Crippen LogP contribution is -2.32. The third kappa shape index (κ3) is 2.35. The van der Waals surface area contributed by atoms with Crippen LogP contribution in [0.15, 0.2) is 36.5 Å². The zero-order valence-electron chi connectivity index (χ0n) is 11.5. The van der Waals surface area contributed by atoms with E-state index in [0.717, 1.165) is 18.7 Å². The first-order valence-corrected chi connectivity index (χ1v) is 7.36. The summed E-state index contributed by atoms with van der Waals surface area (Å²) in [6.07, 6.45) is 2.83. The fourth-order valence-corrected chi connectivity index (χ4v) is 3.26. The van der Waals surface area contributed by atoms with E-state index in [1.165, 1.54) is 5.56 Å². The Balaban J connectivity index is 1.84. The van der Waals surface area contributed by atoms with Crippen molar-refractivity contribution in [2.75, 3.05) is 0 Å². The Labute approximate surface area is 123 Å². The summed E-state index contributed by atoms with van der Waals surface area (Å²) in [6, 6.07) is 10.6. The van der Waals surface area contributed by atoms with Crippen molar-refractivity contribution in [2.45, 2.75) is 31.8 Å². The number of rotatable bonds is 5. The molecule has 3 rings (SSSR count). The van der Waals surface area contributed by atoms with Crippen molar-refractivity contribution in [1.29, 1.82) is 0 Å². The van der Waals surface area contributed by atoms with Gasteiger partial charge < -0.3 is 0 Å². The molecule has 2 aromatic rings. The van der Waals surface area contributed by atoms with Gasteiger partial charge in [0.1, 0.15) is 0 Å². The van der Waals surface area contributed by atoms with Crippen molar-refractivity contribution in [1.82, 2.24) is 15.2 Å². The number of nitrogens with one attached hydrogen (secondary N) is 1. The molecule has 0 radical (unpaired) electrons. The lowest BCUT2D eigenvalue weighted by Gasteiger charge is -2.18. The van der Waals surface area contributed by atoms with Crippen LogP contribution in [0.25, 0.3) is 0 Å². The Kier molecular flexibility index (Phi) is 3.78. The molecular formula is C15H19ClN4. The van der Waals surface area contributed by atoms with E-state index in [-0.39, 0.29) is 6.04 Å². The molecule has 1 heterocycles. The predicted molar refractivity (Wildman–Crippen MR) is 80.3 cm³/mol. The summed E-state index contributed by atoms with van der Waals surface area (Å²) in [6.45, 7) is 2.85. The van der Waals surface area contributed by atoms with Crippen LogP contribution in [0.2, 0.25) is 5.02 Å². The molecule has 1 aliphatic rings. The predicted octanol–water partition coefficient (Wildman–Crippen LogP) is 2.86. The average Bonchev–Trinajstić information content (AvgIpc) is 3.19. The van der Waals surface area contributed by atoms with E-state index in [0.29, 0.717) is 16.9 Å². The normalized spacial score (nSPS) is 22.8. The number of benzene rings is 1. The van der Waals surface area contributed by atoms with Gasteiger partial charge in [0.2, 0.25) is 0 Å². The summed E-state index contributed by atoms with van der Waals surface area (Å²) >= 11 is 6.28. The van der Waals surface area contributed by atoms with Gasteiger partial charge in [-0.15, -0.1) is 0 Å². The van der Waals surface area contributed by atoms with Gasteiger partial charge in [0.05, 0.1) is 23.0 Å². The molecule has 5 heteroatoms. The lowest BCUT2D eigenvalue weighted by atomic mass is 10.0. The van der Waals surface area contributed by atoms with Gasteiger partial charge in [0, 0.05) is 6.54 Å². The molecule has 3 unspecified atom stereocenters. The number of hydrogen-bond acceptors (Lipinski definition) is 3. The summed E-state index contributed by atoms with van der Waals surface area (Å²) in [7, 11) is 0. The highest BCUT2D eigenvalue weighted by Crippen LogP contribution is 2.54. The van der Waals surface area contributed by atoms with Gasteiger partial charge in [0.25, 0.3) is 0 Å². The van der Waals surface area contributed by atoms with E-state index in [9.17, 15) is 0 Å². The van der Waals surface area contributed by atoms with Gasteiger partial charge in [-0.25, -0.2) is 0 Å². The Morgan fingerprint density at radius 2 is 2.20 bits per heavy atom. The maximum absolute atomic E-state index is 6.28. The van der Waals surface area contributed by atoms with Crippen LogP contribution in [0.4, 0.5) is 0 Å². The largest absolute Gasteiger partial charge is 0.271 e. The Morgan fingerprint density at radius 1 is 1.45 bits per heavy atom. The minimum atomic E-state index is 0.0511. The van der Waals surface area contributed by atoms with Gasteiger partial charge in [-0.05, 0) is 30.7 Å². The number of hydrazine groups is 1. The maximum Gasteiger partial charge on any atom is 0.0834 e. The first-order chi connectivity index (χ1) is 9.76. The van der Waals surface area contributed by atoms with Crippen LogP contribution in [-0.4, -0.2) is 9.78 Å². The van der Waals surface area contributed by atoms with Gasteiger partial charge in [-0.1, -0.05) is 41.9 Å². The highest BCUT2D eigenvalue weighted by Gasteiger charge is 2.45. The SMILES string of the molecule is CCn1ncc(Cl)c1C(NN)C1CC1c1ccccc1. The Bertz CT molecular complexity index is 581. The van der Waals surface area contributed by atoms with E-state index >= 15 is 0 Å². The molecule has 106 valence electrons. The van der Waals surface area contributed by atoms with Gasteiger partial charge in [0.15, 0.2) is 0 Å². The second-order valence-electron chi connectivity index (χ2n) is 5.25. The number of nitrogens with zero attached hydrogens (tertiary/aromatic N) is 2. The molecule has 3 atom stereocenters. The maximum atomic E-state index is 6.28. The van der Waals surface area contributed by atoms with Crippen LogP contribution >= 0.6 is 11.6 Å². The van der Waals surface area contributed by atoms with E-state index in [4.69, 9.17) is 17.4 Å². The Hall–Kier alpha value is -1.36. The summed E-state index contributed by atoms with van der Waals surface area (Å²) in [5, 5.41) is 4.99. The van der Waals surface area contributed by atoms with Gasteiger partial charge in [-0.3, -0.25) is 16.0 Å². The van der Waals surface area contributed by atoms with Crippen molar-refractivity contribution < 1.29 is 0 Å². The quantitative estimate of drug-likeness (QED) is 0.658. The minimum absolute atomic E-state index is 0.0511. The smallest absolute Gasteiger partial charge is 0.0834 e. The second kappa shape index (κ2) is 5.56. The molecule has 0 aliphatic heterocycles.